The van der Waals surface area contributed by atoms with Gasteiger partial charge in [0.2, 0.25) is 0 Å². The highest BCUT2D eigenvalue weighted by atomic mass is 15.1. The van der Waals surface area contributed by atoms with Gasteiger partial charge in [-0.05, 0) is 163 Å². The van der Waals surface area contributed by atoms with Crippen molar-refractivity contribution in [2.24, 2.45) is 0 Å². The zero-order valence-corrected chi connectivity index (χ0v) is 44.4. The van der Waals surface area contributed by atoms with Gasteiger partial charge in [-0.3, -0.25) is 0 Å². The first-order chi connectivity index (χ1) is 35.6. The van der Waals surface area contributed by atoms with Crippen LogP contribution < -0.4 is 4.90 Å². The molecule has 0 N–H and O–H groups in total. The number of nitrogens with zero attached hydrogens (tertiary/aromatic N) is 1. The average Bonchev–Trinajstić information content (AvgIpc) is 3.97. The lowest BCUT2D eigenvalue weighted by atomic mass is 9.67. The Morgan fingerprint density at radius 1 is 0.284 bits per heavy atom. The third kappa shape index (κ3) is 7.50. The van der Waals surface area contributed by atoms with Crippen molar-refractivity contribution in [1.29, 1.82) is 0 Å². The fraction of sp³-hybridized carbons (Fsp3) is 0.178. The van der Waals surface area contributed by atoms with Gasteiger partial charge in [0.25, 0.3) is 0 Å². The molecule has 0 saturated heterocycles. The predicted octanol–water partition coefficient (Wildman–Crippen LogP) is 19.1. The average molecular weight is 956 g/mol. The molecule has 0 heterocycles. The van der Waals surface area contributed by atoms with Gasteiger partial charge in [0.1, 0.15) is 0 Å². The predicted molar refractivity (Wildman–Crippen MR) is 313 cm³/mol. The molecule has 0 bridgehead atoms. The second kappa shape index (κ2) is 17.6. The number of anilines is 3. The second-order valence-electron chi connectivity index (χ2n) is 23.2. The summed E-state index contributed by atoms with van der Waals surface area (Å²) in [5.41, 5.74) is 26.5. The van der Waals surface area contributed by atoms with Crippen molar-refractivity contribution in [3.8, 4) is 33.4 Å². The van der Waals surface area contributed by atoms with E-state index in [0.29, 0.717) is 0 Å². The van der Waals surface area contributed by atoms with Crippen molar-refractivity contribution >= 4 is 17.1 Å². The fourth-order valence-corrected chi connectivity index (χ4v) is 12.7. The first kappa shape index (κ1) is 47.0. The van der Waals surface area contributed by atoms with Crippen molar-refractivity contribution in [2.75, 3.05) is 4.90 Å². The molecule has 0 atom stereocenters. The Morgan fingerprint density at radius 3 is 1.18 bits per heavy atom. The molecule has 2 aliphatic carbocycles. The summed E-state index contributed by atoms with van der Waals surface area (Å²) in [5, 5.41) is 0. The molecule has 0 amide bonds. The highest BCUT2D eigenvalue weighted by molar-refractivity contribution is 5.93. The minimum Gasteiger partial charge on any atom is -0.310 e. The molecular formula is C73H65N. The Balaban J connectivity index is 1.11. The third-order valence-electron chi connectivity index (χ3n) is 16.3. The van der Waals surface area contributed by atoms with E-state index in [1.165, 1.54) is 106 Å². The molecule has 1 heteroatoms. The van der Waals surface area contributed by atoms with E-state index in [1.54, 1.807) is 0 Å². The van der Waals surface area contributed by atoms with Crippen LogP contribution >= 0.6 is 0 Å². The molecule has 12 rings (SSSR count). The van der Waals surface area contributed by atoms with Crippen LogP contribution in [0.5, 0.6) is 0 Å². The highest BCUT2D eigenvalue weighted by Crippen LogP contribution is 2.60. The van der Waals surface area contributed by atoms with E-state index in [-0.39, 0.29) is 10.8 Å². The first-order valence-electron chi connectivity index (χ1n) is 26.5. The van der Waals surface area contributed by atoms with Gasteiger partial charge < -0.3 is 4.90 Å². The summed E-state index contributed by atoms with van der Waals surface area (Å²) in [4.78, 5) is 2.51. The van der Waals surface area contributed by atoms with Gasteiger partial charge >= 0.3 is 0 Å². The Kier molecular flexibility index (Phi) is 11.2. The third-order valence-corrected chi connectivity index (χ3v) is 16.3. The number of fused-ring (bicyclic) bond motifs is 6. The van der Waals surface area contributed by atoms with E-state index >= 15 is 0 Å². The number of benzene rings is 10. The summed E-state index contributed by atoms with van der Waals surface area (Å²) in [6, 6.07) is 88.2. The Morgan fingerprint density at radius 2 is 0.716 bits per heavy atom. The number of hydrogen-bond acceptors (Lipinski definition) is 1. The van der Waals surface area contributed by atoms with Gasteiger partial charge in [0, 0.05) is 17.1 Å². The van der Waals surface area contributed by atoms with Crippen LogP contribution in [0, 0.1) is 20.8 Å². The number of hydrogen-bond donors (Lipinski definition) is 0. The summed E-state index contributed by atoms with van der Waals surface area (Å²) in [5.74, 6) is 0. The standard InChI is InChI=1S/C73H65N/c1-48-19-17-23-57(42-48)73(58-24-18-20-49(2)43-58)67-28-16-14-26-63(67)65-47-60(38-40-69(65)73)74(61-44-50(3)41-52(45-61)51-21-11-10-12-22-51)59-37-39-68-64(46-59)62-25-13-15-27-66(62)72(68,55-33-29-53(30-34-55)70(4,5)6)56-35-31-54(32-36-56)71(7,8)9/h10-47H,1-9H3. The van der Waals surface area contributed by atoms with Crippen LogP contribution in [0.15, 0.2) is 231 Å². The van der Waals surface area contributed by atoms with Crippen LogP contribution in [0.25, 0.3) is 33.4 Å². The van der Waals surface area contributed by atoms with Gasteiger partial charge in [-0.15, -0.1) is 0 Å². The van der Waals surface area contributed by atoms with Crippen molar-refractivity contribution in [1.82, 2.24) is 0 Å². The van der Waals surface area contributed by atoms with Gasteiger partial charge in [-0.25, -0.2) is 0 Å². The molecule has 0 aliphatic heterocycles. The van der Waals surface area contributed by atoms with Crippen molar-refractivity contribution in [3.05, 3.63) is 303 Å². The maximum atomic E-state index is 2.51. The van der Waals surface area contributed by atoms with Crippen molar-refractivity contribution in [2.45, 2.75) is 84.0 Å². The molecule has 10 aromatic carbocycles. The molecule has 0 fully saturated rings. The van der Waals surface area contributed by atoms with E-state index < -0.39 is 10.8 Å². The van der Waals surface area contributed by atoms with Gasteiger partial charge in [0.15, 0.2) is 0 Å². The van der Waals surface area contributed by atoms with E-state index in [4.69, 9.17) is 0 Å². The Hall–Kier alpha value is -8.00. The number of rotatable bonds is 8. The minimum absolute atomic E-state index is 0.0301. The fourth-order valence-electron chi connectivity index (χ4n) is 12.7. The first-order valence-corrected chi connectivity index (χ1v) is 26.5. The van der Waals surface area contributed by atoms with Gasteiger partial charge in [-0.2, -0.15) is 0 Å². The van der Waals surface area contributed by atoms with E-state index in [9.17, 15) is 0 Å². The summed E-state index contributed by atoms with van der Waals surface area (Å²) >= 11 is 0. The number of aryl methyl sites for hydroxylation is 3. The molecular weight excluding hydrogens is 891 g/mol. The van der Waals surface area contributed by atoms with Crippen LogP contribution in [-0.2, 0) is 21.7 Å². The normalized spacial score (nSPS) is 14.0. The zero-order chi connectivity index (χ0) is 51.1. The molecule has 362 valence electrons. The maximum absolute atomic E-state index is 2.51. The molecule has 0 aromatic heterocycles. The summed E-state index contributed by atoms with van der Waals surface area (Å²) < 4.78 is 0. The molecule has 74 heavy (non-hydrogen) atoms. The quantitative estimate of drug-likeness (QED) is 0.147. The molecule has 1 nitrogen and oxygen atoms in total. The molecule has 0 unspecified atom stereocenters. The lowest BCUT2D eigenvalue weighted by Crippen LogP contribution is -2.29. The highest BCUT2D eigenvalue weighted by Gasteiger charge is 2.48. The van der Waals surface area contributed by atoms with Crippen molar-refractivity contribution in [3.63, 3.8) is 0 Å². The van der Waals surface area contributed by atoms with Crippen LogP contribution in [-0.4, -0.2) is 0 Å². The zero-order valence-electron chi connectivity index (χ0n) is 44.4. The molecule has 0 radical (unpaired) electrons. The molecule has 10 aromatic rings. The monoisotopic (exact) mass is 956 g/mol. The van der Waals surface area contributed by atoms with Crippen LogP contribution in [0.3, 0.4) is 0 Å². The van der Waals surface area contributed by atoms with Gasteiger partial charge in [-0.1, -0.05) is 247 Å². The van der Waals surface area contributed by atoms with E-state index in [1.807, 2.05) is 0 Å². The maximum Gasteiger partial charge on any atom is 0.0713 e. The van der Waals surface area contributed by atoms with Crippen LogP contribution in [0.4, 0.5) is 17.1 Å². The van der Waals surface area contributed by atoms with Crippen LogP contribution in [0.2, 0.25) is 0 Å². The van der Waals surface area contributed by atoms with E-state index in [0.717, 1.165) is 17.1 Å². The lowest BCUT2D eigenvalue weighted by Gasteiger charge is -2.35. The Bertz CT molecular complexity index is 3660. The molecule has 2 aliphatic rings. The van der Waals surface area contributed by atoms with Gasteiger partial charge in [0.05, 0.1) is 10.8 Å². The van der Waals surface area contributed by atoms with Crippen molar-refractivity contribution < 1.29 is 0 Å². The minimum atomic E-state index is -0.544. The topological polar surface area (TPSA) is 3.24 Å². The smallest absolute Gasteiger partial charge is 0.0713 e. The largest absolute Gasteiger partial charge is 0.310 e. The summed E-state index contributed by atoms with van der Waals surface area (Å²) in [6.07, 6.45) is 0. The summed E-state index contributed by atoms with van der Waals surface area (Å²) in [7, 11) is 0. The molecule has 0 spiro atoms. The second-order valence-corrected chi connectivity index (χ2v) is 23.2. The molecule has 0 saturated carbocycles. The SMILES string of the molecule is Cc1cc(-c2ccccc2)cc(N(c2ccc3c(c2)-c2ccccc2C3(c2ccc(C(C)(C)C)cc2)c2ccc(C(C)(C)C)cc2)c2ccc3c(c2)-c2ccccc2C3(c2cccc(C)c2)c2cccc(C)c2)c1. The van der Waals surface area contributed by atoms with E-state index in [2.05, 4.69) is 298 Å². The summed E-state index contributed by atoms with van der Waals surface area (Å²) in [6.45, 7) is 20.5. The van der Waals surface area contributed by atoms with Crippen LogP contribution in [0.1, 0.15) is 114 Å². The Labute approximate surface area is 439 Å². The lowest BCUT2D eigenvalue weighted by molar-refractivity contribution is 0.588.